The molecule has 0 aromatic heterocycles. The maximum Gasteiger partial charge on any atom is 0.410 e. The van der Waals surface area contributed by atoms with Gasteiger partial charge < -0.3 is 9.84 Å². The predicted octanol–water partition coefficient (Wildman–Crippen LogP) is 1.67. The Labute approximate surface area is 91.0 Å². The fourth-order valence-electron chi connectivity index (χ4n) is 1.55. The van der Waals surface area contributed by atoms with E-state index < -0.39 is 24.5 Å². The maximum atomic E-state index is 11.8. The van der Waals surface area contributed by atoms with Crippen LogP contribution in [0.25, 0.3) is 0 Å². The van der Waals surface area contributed by atoms with Crippen molar-refractivity contribution < 1.29 is 28.2 Å². The van der Waals surface area contributed by atoms with E-state index in [1.165, 1.54) is 0 Å². The van der Waals surface area contributed by atoms with Gasteiger partial charge in [0.25, 0.3) is 0 Å². The van der Waals surface area contributed by atoms with Crippen molar-refractivity contribution in [3.8, 4) is 0 Å². The average Bonchev–Trinajstić information content (AvgIpc) is 2.54. The lowest BCUT2D eigenvalue weighted by molar-refractivity contribution is -0.139. The van der Waals surface area contributed by atoms with Crippen LogP contribution in [0.15, 0.2) is 0 Å². The topological polar surface area (TPSA) is 66.8 Å². The summed E-state index contributed by atoms with van der Waals surface area (Å²) in [7, 11) is 0. The van der Waals surface area contributed by atoms with E-state index in [1.54, 1.807) is 0 Å². The first-order chi connectivity index (χ1) is 7.52. The summed E-state index contributed by atoms with van der Waals surface area (Å²) in [5.41, 5.74) is 0. The van der Waals surface area contributed by atoms with Crippen LogP contribution in [0, 0.1) is 0 Å². The smallest absolute Gasteiger partial charge is 0.410 e. The molecule has 0 unspecified atom stereocenters. The molecular weight excluding hydrogens is 224 g/mol. The summed E-state index contributed by atoms with van der Waals surface area (Å²) in [6.07, 6.45) is -2.93. The van der Waals surface area contributed by atoms with Crippen LogP contribution < -0.4 is 0 Å². The number of rotatable bonds is 5. The molecule has 1 fully saturated rings. The summed E-state index contributed by atoms with van der Waals surface area (Å²) in [4.78, 5) is 22.7. The minimum atomic E-state index is -2.36. The number of nitrogens with zero attached hydrogens (tertiary/aromatic N) is 1. The van der Waals surface area contributed by atoms with Gasteiger partial charge in [-0.05, 0) is 12.8 Å². The Bertz CT molecular complexity index is 272. The van der Waals surface area contributed by atoms with Crippen LogP contribution in [0.4, 0.5) is 13.6 Å². The van der Waals surface area contributed by atoms with Gasteiger partial charge in [-0.1, -0.05) is 6.42 Å². The first kappa shape index (κ1) is 12.7. The summed E-state index contributed by atoms with van der Waals surface area (Å²) in [5.74, 6) is -0.598. The number of amides is 1. The van der Waals surface area contributed by atoms with Crippen molar-refractivity contribution in [2.75, 3.05) is 6.73 Å². The Hall–Kier alpha value is -1.40. The Morgan fingerprint density at radius 3 is 2.81 bits per heavy atom. The van der Waals surface area contributed by atoms with Crippen molar-refractivity contribution in [1.82, 2.24) is 4.90 Å². The summed E-state index contributed by atoms with van der Waals surface area (Å²) in [5, 5.41) is 8.72. The minimum Gasteiger partial charge on any atom is -0.465 e. The number of cyclic esters (lactones) is 1. The normalized spacial score (nSPS) is 20.3. The van der Waals surface area contributed by atoms with Crippen molar-refractivity contribution in [2.24, 2.45) is 0 Å². The highest BCUT2D eigenvalue weighted by atomic mass is 19.3. The van der Waals surface area contributed by atoms with Gasteiger partial charge in [0.15, 0.2) is 6.73 Å². The van der Waals surface area contributed by atoms with Crippen LogP contribution in [-0.4, -0.2) is 41.3 Å². The number of carboxylic acid groups (broad SMARTS) is 1. The number of carbonyl (C=O) groups excluding carboxylic acids is 1. The molecule has 1 amide bonds. The van der Waals surface area contributed by atoms with E-state index in [0.717, 1.165) is 4.90 Å². The third kappa shape index (κ3) is 3.32. The van der Waals surface area contributed by atoms with E-state index in [1.807, 2.05) is 0 Å². The molecule has 0 spiro atoms. The molecule has 1 aliphatic heterocycles. The fraction of sp³-hybridized carbons (Fsp3) is 0.778. The molecule has 0 aromatic rings. The second-order valence-corrected chi connectivity index (χ2v) is 3.54. The fourth-order valence-corrected chi connectivity index (χ4v) is 1.55. The van der Waals surface area contributed by atoms with E-state index in [2.05, 4.69) is 4.74 Å². The molecule has 1 N–H and O–H groups in total. The molecular formula is C9H13F2NO4. The number of carbonyl (C=O) groups is 2. The maximum absolute atomic E-state index is 11.8. The third-order valence-electron chi connectivity index (χ3n) is 2.39. The van der Waals surface area contributed by atoms with Crippen LogP contribution in [0.1, 0.15) is 25.7 Å². The molecule has 1 rings (SSSR count). The molecule has 5 nitrogen and oxygen atoms in total. The summed E-state index contributed by atoms with van der Waals surface area (Å²) >= 11 is 0. The minimum absolute atomic E-state index is 0.227. The summed E-state index contributed by atoms with van der Waals surface area (Å²) in [6.45, 7) is -0.270. The Morgan fingerprint density at radius 2 is 2.25 bits per heavy atom. The number of halogens is 2. The molecule has 0 radical (unpaired) electrons. The van der Waals surface area contributed by atoms with Crippen molar-refractivity contribution in [3.05, 3.63) is 0 Å². The van der Waals surface area contributed by atoms with Crippen molar-refractivity contribution in [3.63, 3.8) is 0 Å². The van der Waals surface area contributed by atoms with Gasteiger partial charge in [0.2, 0.25) is 6.43 Å². The molecule has 1 atom stereocenters. The molecule has 0 aliphatic carbocycles. The van der Waals surface area contributed by atoms with E-state index in [9.17, 15) is 18.4 Å². The Kier molecular flexibility index (Phi) is 4.45. The van der Waals surface area contributed by atoms with Gasteiger partial charge >= 0.3 is 12.1 Å². The lowest BCUT2D eigenvalue weighted by atomic mass is 10.1. The molecule has 1 aliphatic rings. The second kappa shape index (κ2) is 5.62. The Balaban J connectivity index is 2.33. The molecule has 92 valence electrons. The number of hydrogen-bond acceptors (Lipinski definition) is 3. The van der Waals surface area contributed by atoms with Crippen LogP contribution >= 0.6 is 0 Å². The third-order valence-corrected chi connectivity index (χ3v) is 2.39. The molecule has 1 heterocycles. The average molecular weight is 237 g/mol. The van der Waals surface area contributed by atoms with Gasteiger partial charge in [-0.15, -0.1) is 0 Å². The van der Waals surface area contributed by atoms with Gasteiger partial charge in [-0.25, -0.2) is 18.4 Å². The number of alkyl halides is 2. The van der Waals surface area contributed by atoms with Gasteiger partial charge in [-0.3, -0.25) is 4.90 Å². The highest BCUT2D eigenvalue weighted by molar-refractivity contribution is 5.83. The largest absolute Gasteiger partial charge is 0.465 e. The van der Waals surface area contributed by atoms with Gasteiger partial charge in [0.05, 0.1) is 0 Å². The second-order valence-electron chi connectivity index (χ2n) is 3.54. The van der Waals surface area contributed by atoms with Crippen molar-refractivity contribution in [1.29, 1.82) is 0 Å². The molecule has 7 heteroatoms. The highest BCUT2D eigenvalue weighted by Gasteiger charge is 2.37. The summed E-state index contributed by atoms with van der Waals surface area (Å²) < 4.78 is 28.2. The van der Waals surface area contributed by atoms with Crippen LogP contribution in [0.5, 0.6) is 0 Å². The number of hydrogen-bond donors (Lipinski definition) is 1. The van der Waals surface area contributed by atoms with E-state index >= 15 is 0 Å². The standard InChI is InChI=1S/C9H13F2NO4/c10-7(11)4-2-1-3-6-8(13)16-5-12(6)9(14)15/h6-7H,1-5H2,(H,14,15)/t6-/m0/s1. The first-order valence-corrected chi connectivity index (χ1v) is 4.96. The van der Waals surface area contributed by atoms with Crippen LogP contribution in [0.2, 0.25) is 0 Å². The molecule has 0 bridgehead atoms. The first-order valence-electron chi connectivity index (χ1n) is 4.96. The number of ether oxygens (including phenoxy) is 1. The van der Waals surface area contributed by atoms with E-state index in [0.29, 0.717) is 6.42 Å². The highest BCUT2D eigenvalue weighted by Crippen LogP contribution is 2.18. The zero-order chi connectivity index (χ0) is 12.1. The molecule has 0 saturated carbocycles. The van der Waals surface area contributed by atoms with E-state index in [4.69, 9.17) is 5.11 Å². The van der Waals surface area contributed by atoms with Gasteiger partial charge in [-0.2, -0.15) is 0 Å². The van der Waals surface area contributed by atoms with Gasteiger partial charge in [0.1, 0.15) is 6.04 Å². The van der Waals surface area contributed by atoms with Gasteiger partial charge in [0, 0.05) is 6.42 Å². The zero-order valence-corrected chi connectivity index (χ0v) is 8.57. The summed E-state index contributed by atoms with van der Waals surface area (Å²) in [6, 6.07) is -0.838. The predicted molar refractivity (Wildman–Crippen MR) is 49.1 cm³/mol. The number of esters is 1. The lowest BCUT2D eigenvalue weighted by Gasteiger charge is -2.15. The lowest BCUT2D eigenvalue weighted by Crippen LogP contribution is -2.37. The number of unbranched alkanes of at least 4 members (excludes halogenated alkanes) is 1. The van der Waals surface area contributed by atoms with E-state index in [-0.39, 0.29) is 26.0 Å². The zero-order valence-electron chi connectivity index (χ0n) is 8.57. The Morgan fingerprint density at radius 1 is 1.56 bits per heavy atom. The van der Waals surface area contributed by atoms with Crippen LogP contribution in [-0.2, 0) is 9.53 Å². The van der Waals surface area contributed by atoms with Crippen molar-refractivity contribution in [2.45, 2.75) is 38.2 Å². The monoisotopic (exact) mass is 237 g/mol. The molecule has 16 heavy (non-hydrogen) atoms. The quantitative estimate of drug-likeness (QED) is 0.583. The molecule has 1 saturated heterocycles. The van der Waals surface area contributed by atoms with Crippen LogP contribution in [0.3, 0.4) is 0 Å². The van der Waals surface area contributed by atoms with Crippen molar-refractivity contribution >= 4 is 12.1 Å². The molecule has 0 aromatic carbocycles. The SMILES string of the molecule is O=C1OCN(C(=O)O)[C@H]1CCCCC(F)F.